The Bertz CT molecular complexity index is 403. The van der Waals surface area contributed by atoms with Crippen molar-refractivity contribution in [3.05, 3.63) is 35.9 Å². The molecular formula is C12H16N2O3. The predicted octanol–water partition coefficient (Wildman–Crippen LogP) is 1.23. The lowest BCUT2D eigenvalue weighted by atomic mass is 10.2. The van der Waals surface area contributed by atoms with Crippen LogP contribution in [0.1, 0.15) is 19.4 Å². The second-order valence-corrected chi connectivity index (χ2v) is 3.17. The molecule has 2 unspecified atom stereocenters. The maximum absolute atomic E-state index is 10.7. The molecule has 0 aliphatic carbocycles. The van der Waals surface area contributed by atoms with E-state index in [0.29, 0.717) is 0 Å². The first-order chi connectivity index (χ1) is 8.18. The van der Waals surface area contributed by atoms with E-state index in [-0.39, 0.29) is 5.90 Å². The Morgan fingerprint density at radius 3 is 2.41 bits per heavy atom. The highest BCUT2D eigenvalue weighted by Gasteiger charge is 2.34. The Hall–Kier alpha value is -1.88. The average molecular weight is 236 g/mol. The van der Waals surface area contributed by atoms with E-state index in [0.717, 1.165) is 5.56 Å². The summed E-state index contributed by atoms with van der Waals surface area (Å²) >= 11 is 0. The summed E-state index contributed by atoms with van der Waals surface area (Å²) in [7, 11) is 0. The Kier molecular flexibility index (Phi) is 4.66. The predicted molar refractivity (Wildman–Crippen MR) is 64.8 cm³/mol. The van der Waals surface area contributed by atoms with Crippen LogP contribution in [-0.4, -0.2) is 29.2 Å². The van der Waals surface area contributed by atoms with E-state index in [1.54, 1.807) is 12.1 Å². The molecule has 2 atom stereocenters. The van der Waals surface area contributed by atoms with E-state index in [1.807, 2.05) is 32.0 Å². The smallest absolute Gasteiger partial charge is 0.348 e. The Balaban J connectivity index is 0.000000686. The van der Waals surface area contributed by atoms with Gasteiger partial charge in [-0.2, -0.15) is 0 Å². The van der Waals surface area contributed by atoms with Crippen molar-refractivity contribution in [3.8, 4) is 0 Å². The summed E-state index contributed by atoms with van der Waals surface area (Å²) in [6.45, 7) is 4.00. The molecule has 92 valence electrons. The summed E-state index contributed by atoms with van der Waals surface area (Å²) < 4.78 is 5.15. The summed E-state index contributed by atoms with van der Waals surface area (Å²) in [4.78, 5) is 14.7. The standard InChI is InChI=1S/C10H10N2O3.C2H6/c11-8-7(10(13)14)15-9(12-8)6-4-2-1-3-5-6;1-2/h1-5,7-8H,11H2,(H,13,14);1-2H3. The number of nitrogens with two attached hydrogens (primary N) is 1. The highest BCUT2D eigenvalue weighted by molar-refractivity contribution is 5.97. The lowest BCUT2D eigenvalue weighted by Crippen LogP contribution is -2.37. The van der Waals surface area contributed by atoms with E-state index >= 15 is 0 Å². The van der Waals surface area contributed by atoms with Gasteiger partial charge in [-0.25, -0.2) is 9.79 Å². The van der Waals surface area contributed by atoms with Gasteiger partial charge in [0.05, 0.1) is 0 Å². The van der Waals surface area contributed by atoms with Crippen LogP contribution in [0, 0.1) is 0 Å². The molecule has 3 N–H and O–H groups in total. The van der Waals surface area contributed by atoms with Crippen LogP contribution < -0.4 is 5.73 Å². The third-order valence-electron chi connectivity index (χ3n) is 2.08. The zero-order valence-corrected chi connectivity index (χ0v) is 9.83. The van der Waals surface area contributed by atoms with E-state index in [9.17, 15) is 4.79 Å². The van der Waals surface area contributed by atoms with Gasteiger partial charge >= 0.3 is 5.97 Å². The Morgan fingerprint density at radius 2 is 1.94 bits per heavy atom. The normalized spacial score (nSPS) is 21.9. The van der Waals surface area contributed by atoms with Gasteiger partial charge in [0, 0.05) is 5.56 Å². The van der Waals surface area contributed by atoms with Crippen molar-refractivity contribution < 1.29 is 14.6 Å². The summed E-state index contributed by atoms with van der Waals surface area (Å²) in [5, 5.41) is 8.77. The maximum atomic E-state index is 10.7. The SMILES string of the molecule is CC.NC1N=C(c2ccccc2)OC1C(=O)O. The van der Waals surface area contributed by atoms with Crippen molar-refractivity contribution in [2.75, 3.05) is 0 Å². The van der Waals surface area contributed by atoms with Crippen LogP contribution in [-0.2, 0) is 9.53 Å². The summed E-state index contributed by atoms with van der Waals surface area (Å²) in [6, 6.07) is 9.07. The number of hydrogen-bond acceptors (Lipinski definition) is 4. The minimum atomic E-state index is -1.10. The number of benzene rings is 1. The van der Waals surface area contributed by atoms with Crippen LogP contribution in [0.2, 0.25) is 0 Å². The van der Waals surface area contributed by atoms with Crippen molar-refractivity contribution in [2.24, 2.45) is 10.7 Å². The van der Waals surface area contributed by atoms with Crippen LogP contribution in [0.5, 0.6) is 0 Å². The molecule has 0 saturated carbocycles. The van der Waals surface area contributed by atoms with Crippen LogP contribution in [0.15, 0.2) is 35.3 Å². The minimum absolute atomic E-state index is 0.288. The van der Waals surface area contributed by atoms with Crippen LogP contribution in [0.25, 0.3) is 0 Å². The van der Waals surface area contributed by atoms with Gasteiger partial charge in [0.25, 0.3) is 0 Å². The van der Waals surface area contributed by atoms with Gasteiger partial charge in [0.2, 0.25) is 12.0 Å². The van der Waals surface area contributed by atoms with E-state index in [2.05, 4.69) is 4.99 Å². The van der Waals surface area contributed by atoms with Gasteiger partial charge in [0.1, 0.15) is 6.17 Å². The van der Waals surface area contributed by atoms with Crippen molar-refractivity contribution in [1.82, 2.24) is 0 Å². The molecule has 0 bridgehead atoms. The fourth-order valence-corrected chi connectivity index (χ4v) is 1.34. The molecule has 5 nitrogen and oxygen atoms in total. The van der Waals surface area contributed by atoms with Gasteiger partial charge in [-0.15, -0.1) is 0 Å². The maximum Gasteiger partial charge on any atom is 0.348 e. The molecular weight excluding hydrogens is 220 g/mol. The molecule has 1 heterocycles. The average Bonchev–Trinajstić information content (AvgIpc) is 2.75. The molecule has 1 aliphatic rings. The molecule has 0 amide bonds. The molecule has 1 aliphatic heterocycles. The quantitative estimate of drug-likeness (QED) is 0.808. The third kappa shape index (κ3) is 3.04. The molecule has 0 radical (unpaired) electrons. The number of carbonyl (C=O) groups is 1. The van der Waals surface area contributed by atoms with Gasteiger partial charge in [-0.3, -0.25) is 0 Å². The monoisotopic (exact) mass is 236 g/mol. The molecule has 0 aromatic heterocycles. The second-order valence-electron chi connectivity index (χ2n) is 3.17. The minimum Gasteiger partial charge on any atom is -0.478 e. The fraction of sp³-hybridized carbons (Fsp3) is 0.333. The number of rotatable bonds is 2. The second kappa shape index (κ2) is 6.00. The van der Waals surface area contributed by atoms with Gasteiger partial charge in [-0.1, -0.05) is 32.0 Å². The van der Waals surface area contributed by atoms with Crippen molar-refractivity contribution in [1.29, 1.82) is 0 Å². The van der Waals surface area contributed by atoms with Crippen molar-refractivity contribution in [2.45, 2.75) is 26.1 Å². The topological polar surface area (TPSA) is 84.9 Å². The highest BCUT2D eigenvalue weighted by atomic mass is 16.5. The lowest BCUT2D eigenvalue weighted by molar-refractivity contribution is -0.145. The molecule has 2 rings (SSSR count). The van der Waals surface area contributed by atoms with Crippen LogP contribution in [0.3, 0.4) is 0 Å². The molecule has 1 aromatic carbocycles. The molecule has 5 heteroatoms. The number of nitrogens with zero attached hydrogens (tertiary/aromatic N) is 1. The summed E-state index contributed by atoms with van der Waals surface area (Å²) in [5.41, 5.74) is 6.25. The van der Waals surface area contributed by atoms with Gasteiger partial charge in [0.15, 0.2) is 0 Å². The Morgan fingerprint density at radius 1 is 1.35 bits per heavy atom. The molecule has 17 heavy (non-hydrogen) atoms. The zero-order valence-electron chi connectivity index (χ0n) is 9.83. The fourth-order valence-electron chi connectivity index (χ4n) is 1.34. The highest BCUT2D eigenvalue weighted by Crippen LogP contribution is 2.15. The van der Waals surface area contributed by atoms with Crippen LogP contribution >= 0.6 is 0 Å². The lowest BCUT2D eigenvalue weighted by Gasteiger charge is -2.08. The number of ether oxygens (including phenoxy) is 1. The zero-order chi connectivity index (χ0) is 12.8. The largest absolute Gasteiger partial charge is 0.478 e. The number of aliphatic carboxylic acids is 1. The summed E-state index contributed by atoms with van der Waals surface area (Å²) in [5.74, 6) is -0.812. The number of carboxylic acid groups (broad SMARTS) is 1. The van der Waals surface area contributed by atoms with Crippen molar-refractivity contribution in [3.63, 3.8) is 0 Å². The first kappa shape index (κ1) is 13.2. The third-order valence-corrected chi connectivity index (χ3v) is 2.08. The Labute approximate surface area is 99.9 Å². The van der Waals surface area contributed by atoms with E-state index < -0.39 is 18.2 Å². The number of hydrogen-bond donors (Lipinski definition) is 2. The first-order valence-electron chi connectivity index (χ1n) is 5.47. The number of aliphatic imine (C=N–C) groups is 1. The van der Waals surface area contributed by atoms with E-state index in [1.165, 1.54) is 0 Å². The van der Waals surface area contributed by atoms with Gasteiger partial charge in [-0.05, 0) is 12.1 Å². The molecule has 0 fully saturated rings. The summed E-state index contributed by atoms with van der Waals surface area (Å²) in [6.07, 6.45) is -1.92. The molecule has 0 spiro atoms. The van der Waals surface area contributed by atoms with Crippen LogP contribution in [0.4, 0.5) is 0 Å². The van der Waals surface area contributed by atoms with Gasteiger partial charge < -0.3 is 15.6 Å². The first-order valence-corrected chi connectivity index (χ1v) is 5.47. The van der Waals surface area contributed by atoms with Crippen molar-refractivity contribution >= 4 is 11.9 Å². The number of carboxylic acids is 1. The molecule has 1 aromatic rings. The van der Waals surface area contributed by atoms with E-state index in [4.69, 9.17) is 15.6 Å². The molecule has 0 saturated heterocycles.